The van der Waals surface area contributed by atoms with Gasteiger partial charge in [0.1, 0.15) is 5.82 Å². The average Bonchev–Trinajstić information content (AvgIpc) is 3.05. The second-order valence-corrected chi connectivity index (χ2v) is 7.31. The summed E-state index contributed by atoms with van der Waals surface area (Å²) in [5.74, 6) is 2.48. The van der Waals surface area contributed by atoms with Gasteiger partial charge in [-0.2, -0.15) is 0 Å². The highest BCUT2D eigenvalue weighted by Gasteiger charge is 2.40. The Balaban J connectivity index is 1.79. The number of rotatable bonds is 5. The van der Waals surface area contributed by atoms with Crippen molar-refractivity contribution in [1.29, 1.82) is 0 Å². The van der Waals surface area contributed by atoms with E-state index in [9.17, 15) is 4.39 Å². The maximum Gasteiger partial charge on any atom is 0.127 e. The lowest BCUT2D eigenvalue weighted by Crippen LogP contribution is -2.26. The number of aryl methyl sites for hydroxylation is 1. The van der Waals surface area contributed by atoms with Gasteiger partial charge in [-0.25, -0.2) is 4.39 Å². The third kappa shape index (κ3) is 3.12. The highest BCUT2D eigenvalue weighted by molar-refractivity contribution is 6.31. The molecule has 1 aromatic rings. The van der Waals surface area contributed by atoms with Gasteiger partial charge in [-0.05, 0) is 74.1 Å². The minimum Gasteiger partial charge on any atom is -0.310 e. The zero-order valence-corrected chi connectivity index (χ0v) is 13.7. The van der Waals surface area contributed by atoms with Gasteiger partial charge in [0.2, 0.25) is 0 Å². The molecule has 2 fully saturated rings. The zero-order chi connectivity index (χ0) is 15.0. The van der Waals surface area contributed by atoms with E-state index in [1.807, 2.05) is 13.0 Å². The van der Waals surface area contributed by atoms with Gasteiger partial charge in [0.25, 0.3) is 0 Å². The lowest BCUT2D eigenvalue weighted by molar-refractivity contribution is 0.280. The van der Waals surface area contributed by atoms with Crippen molar-refractivity contribution < 1.29 is 4.39 Å². The number of fused-ring (bicyclic) bond motifs is 2. The summed E-state index contributed by atoms with van der Waals surface area (Å²) >= 11 is 6.32. The third-order valence-electron chi connectivity index (χ3n) is 5.53. The second kappa shape index (κ2) is 6.26. The minimum atomic E-state index is -0.209. The van der Waals surface area contributed by atoms with Crippen molar-refractivity contribution in [2.75, 3.05) is 6.54 Å². The lowest BCUT2D eigenvalue weighted by Gasteiger charge is -2.28. The quantitative estimate of drug-likeness (QED) is 0.782. The Labute approximate surface area is 132 Å². The van der Waals surface area contributed by atoms with Crippen molar-refractivity contribution in [3.8, 4) is 0 Å². The zero-order valence-electron chi connectivity index (χ0n) is 13.0. The van der Waals surface area contributed by atoms with Crippen LogP contribution in [0.1, 0.15) is 56.2 Å². The fourth-order valence-electron chi connectivity index (χ4n) is 4.48. The number of hydrogen-bond acceptors (Lipinski definition) is 1. The van der Waals surface area contributed by atoms with Crippen LogP contribution in [0.15, 0.2) is 12.1 Å². The molecule has 1 N–H and O–H groups in total. The molecule has 2 saturated carbocycles. The van der Waals surface area contributed by atoms with Crippen LogP contribution in [0.25, 0.3) is 0 Å². The molecule has 0 aliphatic heterocycles. The van der Waals surface area contributed by atoms with E-state index in [0.717, 1.165) is 36.3 Å². The second-order valence-electron chi connectivity index (χ2n) is 6.90. The summed E-state index contributed by atoms with van der Waals surface area (Å²) in [5, 5.41) is 4.13. The first-order valence-electron chi connectivity index (χ1n) is 8.27. The number of benzene rings is 1. The lowest BCUT2D eigenvalue weighted by atomic mass is 9.82. The number of halogens is 2. The number of hydrogen-bond donors (Lipinski definition) is 1. The van der Waals surface area contributed by atoms with Crippen molar-refractivity contribution in [3.63, 3.8) is 0 Å². The summed E-state index contributed by atoms with van der Waals surface area (Å²) in [6.07, 6.45) is 6.79. The third-order valence-corrected chi connectivity index (χ3v) is 5.85. The Morgan fingerprint density at radius 2 is 2.14 bits per heavy atom. The molecule has 2 aliphatic rings. The Bertz CT molecular complexity index is 516. The maximum absolute atomic E-state index is 13.6. The van der Waals surface area contributed by atoms with Crippen molar-refractivity contribution in [1.82, 2.24) is 5.32 Å². The molecule has 1 nitrogen and oxygen atoms in total. The van der Waals surface area contributed by atoms with Crippen LogP contribution in [0.2, 0.25) is 5.02 Å². The molecule has 3 heteroatoms. The Morgan fingerprint density at radius 1 is 1.33 bits per heavy atom. The standard InChI is InChI=1S/C18H25ClFN/c1-3-21-18(9-14-8-12-4-5-13(14)7-12)15-6-11(2)17(20)10-16(15)19/h6,10,12-14,18,21H,3-5,7-9H2,1-2H3. The van der Waals surface area contributed by atoms with Gasteiger partial charge in [-0.3, -0.25) is 0 Å². The summed E-state index contributed by atoms with van der Waals surface area (Å²) < 4.78 is 13.6. The van der Waals surface area contributed by atoms with E-state index in [-0.39, 0.29) is 11.9 Å². The van der Waals surface area contributed by atoms with E-state index in [1.54, 1.807) is 0 Å². The molecular formula is C18H25ClFN. The van der Waals surface area contributed by atoms with Gasteiger partial charge >= 0.3 is 0 Å². The van der Waals surface area contributed by atoms with Crippen molar-refractivity contribution >= 4 is 11.6 Å². The molecule has 0 saturated heterocycles. The molecule has 116 valence electrons. The van der Waals surface area contributed by atoms with Crippen LogP contribution in [-0.4, -0.2) is 6.54 Å². The summed E-state index contributed by atoms with van der Waals surface area (Å²) in [6, 6.07) is 3.65. The average molecular weight is 310 g/mol. The molecule has 0 radical (unpaired) electrons. The smallest absolute Gasteiger partial charge is 0.127 e. The van der Waals surface area contributed by atoms with Gasteiger partial charge in [0.15, 0.2) is 0 Å². The first-order valence-corrected chi connectivity index (χ1v) is 8.65. The van der Waals surface area contributed by atoms with Crippen LogP contribution in [0.5, 0.6) is 0 Å². The monoisotopic (exact) mass is 309 g/mol. The summed E-state index contributed by atoms with van der Waals surface area (Å²) in [5.41, 5.74) is 1.76. The summed E-state index contributed by atoms with van der Waals surface area (Å²) in [7, 11) is 0. The first kappa shape index (κ1) is 15.3. The van der Waals surface area contributed by atoms with Gasteiger partial charge < -0.3 is 5.32 Å². The highest BCUT2D eigenvalue weighted by Crippen LogP contribution is 2.51. The summed E-state index contributed by atoms with van der Waals surface area (Å²) in [4.78, 5) is 0. The Kier molecular flexibility index (Phi) is 4.56. The first-order chi connectivity index (χ1) is 10.1. The van der Waals surface area contributed by atoms with Gasteiger partial charge in [0, 0.05) is 11.1 Å². The van der Waals surface area contributed by atoms with Crippen LogP contribution in [-0.2, 0) is 0 Å². The molecule has 1 aromatic carbocycles. The summed E-state index contributed by atoms with van der Waals surface area (Å²) in [6.45, 7) is 4.85. The van der Waals surface area contributed by atoms with Crippen LogP contribution in [0.4, 0.5) is 4.39 Å². The molecular weight excluding hydrogens is 285 g/mol. The molecule has 2 bridgehead atoms. The van der Waals surface area contributed by atoms with E-state index < -0.39 is 0 Å². The van der Waals surface area contributed by atoms with Crippen LogP contribution in [0.3, 0.4) is 0 Å². The normalized spacial score (nSPS) is 29.0. The predicted molar refractivity (Wildman–Crippen MR) is 86.1 cm³/mol. The molecule has 0 aromatic heterocycles. The van der Waals surface area contributed by atoms with Gasteiger partial charge in [0.05, 0.1) is 0 Å². The van der Waals surface area contributed by atoms with E-state index in [1.165, 1.54) is 31.7 Å². The molecule has 4 atom stereocenters. The SMILES string of the molecule is CCNC(CC1CC2CCC1C2)c1cc(C)c(F)cc1Cl. The molecule has 0 spiro atoms. The van der Waals surface area contributed by atoms with Crippen molar-refractivity contribution in [3.05, 3.63) is 34.1 Å². The fraction of sp³-hybridized carbons (Fsp3) is 0.667. The maximum atomic E-state index is 13.6. The Morgan fingerprint density at radius 3 is 2.76 bits per heavy atom. The van der Waals surface area contributed by atoms with E-state index in [0.29, 0.717) is 10.6 Å². The Hall–Kier alpha value is -0.600. The van der Waals surface area contributed by atoms with Gasteiger partial charge in [-0.15, -0.1) is 0 Å². The van der Waals surface area contributed by atoms with E-state index in [4.69, 9.17) is 11.6 Å². The predicted octanol–water partition coefficient (Wildman–Crippen LogP) is 5.26. The van der Waals surface area contributed by atoms with Crippen molar-refractivity contribution in [2.24, 2.45) is 17.8 Å². The molecule has 3 rings (SSSR count). The minimum absolute atomic E-state index is 0.209. The van der Waals surface area contributed by atoms with Crippen molar-refractivity contribution in [2.45, 2.75) is 52.0 Å². The fourth-order valence-corrected chi connectivity index (χ4v) is 4.76. The van der Waals surface area contributed by atoms with E-state index >= 15 is 0 Å². The van der Waals surface area contributed by atoms with Crippen LogP contribution >= 0.6 is 11.6 Å². The van der Waals surface area contributed by atoms with E-state index in [2.05, 4.69) is 12.2 Å². The molecule has 0 amide bonds. The highest BCUT2D eigenvalue weighted by atomic mass is 35.5. The van der Waals surface area contributed by atoms with Gasteiger partial charge in [-0.1, -0.05) is 31.0 Å². The largest absolute Gasteiger partial charge is 0.310 e. The molecule has 21 heavy (non-hydrogen) atoms. The molecule has 2 aliphatic carbocycles. The molecule has 4 unspecified atom stereocenters. The van der Waals surface area contributed by atoms with Crippen LogP contribution in [0, 0.1) is 30.5 Å². The van der Waals surface area contributed by atoms with Crippen LogP contribution < -0.4 is 5.32 Å². The molecule has 0 heterocycles. The topological polar surface area (TPSA) is 12.0 Å². The number of nitrogens with one attached hydrogen (secondary N) is 1.